The van der Waals surface area contributed by atoms with Crippen LogP contribution in [-0.4, -0.2) is 46.2 Å². The van der Waals surface area contributed by atoms with Crippen LogP contribution in [0.3, 0.4) is 0 Å². The number of nitrogens with zero attached hydrogens (tertiary/aromatic N) is 3. The minimum atomic E-state index is -0.801. The number of aliphatic hydroxyl groups excluding tert-OH is 1. The molecule has 8 heteroatoms. The number of ether oxygens (including phenoxy) is 1. The number of aliphatic hydroxyl groups is 1. The van der Waals surface area contributed by atoms with Crippen LogP contribution in [0.15, 0.2) is 39.9 Å². The summed E-state index contributed by atoms with van der Waals surface area (Å²) >= 11 is 0. The van der Waals surface area contributed by atoms with E-state index < -0.39 is 12.2 Å². The van der Waals surface area contributed by atoms with E-state index in [0.29, 0.717) is 37.7 Å². The zero-order valence-corrected chi connectivity index (χ0v) is 15.5. The number of aromatic nitrogens is 1. The van der Waals surface area contributed by atoms with Gasteiger partial charge in [-0.05, 0) is 25.5 Å². The minimum Gasteiger partial charge on any atom is -0.449 e. The van der Waals surface area contributed by atoms with Crippen molar-refractivity contribution in [3.05, 3.63) is 41.8 Å². The van der Waals surface area contributed by atoms with Crippen molar-refractivity contribution >= 4 is 11.9 Å². The van der Waals surface area contributed by atoms with Gasteiger partial charge in [0, 0.05) is 18.5 Å². The maximum atomic E-state index is 11.5. The number of hydrogen-bond donors (Lipinski definition) is 2. The van der Waals surface area contributed by atoms with Gasteiger partial charge in [0.05, 0.1) is 18.8 Å². The zero-order valence-electron chi connectivity index (χ0n) is 15.5. The van der Waals surface area contributed by atoms with Gasteiger partial charge in [0.25, 0.3) is 0 Å². The molecule has 1 amide bonds. The fourth-order valence-electron chi connectivity index (χ4n) is 2.90. The second-order valence-corrected chi connectivity index (χ2v) is 6.15. The van der Waals surface area contributed by atoms with Crippen molar-refractivity contribution in [1.29, 1.82) is 0 Å². The SMILES string of the molecule is CCOC(=O)N/N=C(\C(O)CC)N1CCc2nc(-c3ccccc3)oc2C1. The van der Waals surface area contributed by atoms with Crippen molar-refractivity contribution in [2.24, 2.45) is 5.10 Å². The van der Waals surface area contributed by atoms with Crippen LogP contribution in [0.1, 0.15) is 31.7 Å². The summed E-state index contributed by atoms with van der Waals surface area (Å²) in [6.45, 7) is 4.86. The van der Waals surface area contributed by atoms with E-state index in [1.165, 1.54) is 0 Å². The molecule has 0 spiro atoms. The average molecular weight is 372 g/mol. The third-order valence-electron chi connectivity index (χ3n) is 4.30. The second-order valence-electron chi connectivity index (χ2n) is 6.15. The van der Waals surface area contributed by atoms with E-state index in [9.17, 15) is 9.90 Å². The minimum absolute atomic E-state index is 0.250. The summed E-state index contributed by atoms with van der Waals surface area (Å²) in [6, 6.07) is 9.72. The quantitative estimate of drug-likeness (QED) is 0.475. The van der Waals surface area contributed by atoms with Gasteiger partial charge in [0.15, 0.2) is 5.84 Å². The number of nitrogens with one attached hydrogen (secondary N) is 1. The number of carbonyl (C=O) groups excluding carboxylic acids is 1. The average Bonchev–Trinajstić information content (AvgIpc) is 3.12. The number of hydrazone groups is 1. The first kappa shape index (κ1) is 18.9. The van der Waals surface area contributed by atoms with Gasteiger partial charge in [-0.2, -0.15) is 5.10 Å². The monoisotopic (exact) mass is 372 g/mol. The lowest BCUT2D eigenvalue weighted by molar-refractivity contribution is 0.151. The molecule has 1 aliphatic rings. The van der Waals surface area contributed by atoms with E-state index in [4.69, 9.17) is 9.15 Å². The van der Waals surface area contributed by atoms with Gasteiger partial charge in [-0.1, -0.05) is 25.1 Å². The van der Waals surface area contributed by atoms with Crippen LogP contribution in [0.25, 0.3) is 11.5 Å². The number of fused-ring (bicyclic) bond motifs is 1. The Labute approximate surface area is 157 Å². The van der Waals surface area contributed by atoms with Crippen molar-refractivity contribution in [2.45, 2.75) is 39.3 Å². The molecule has 0 saturated heterocycles. The van der Waals surface area contributed by atoms with Gasteiger partial charge >= 0.3 is 6.09 Å². The van der Waals surface area contributed by atoms with E-state index in [1.54, 1.807) is 6.92 Å². The zero-order chi connectivity index (χ0) is 19.2. The smallest absolute Gasteiger partial charge is 0.427 e. The van der Waals surface area contributed by atoms with Crippen molar-refractivity contribution < 1.29 is 19.1 Å². The molecule has 2 heterocycles. The Morgan fingerprint density at radius 3 is 2.89 bits per heavy atom. The molecule has 2 aromatic rings. The van der Waals surface area contributed by atoms with E-state index >= 15 is 0 Å². The van der Waals surface area contributed by atoms with Crippen LogP contribution >= 0.6 is 0 Å². The third-order valence-corrected chi connectivity index (χ3v) is 4.30. The van der Waals surface area contributed by atoms with Crippen molar-refractivity contribution in [3.63, 3.8) is 0 Å². The highest BCUT2D eigenvalue weighted by atomic mass is 16.5. The topological polar surface area (TPSA) is 100 Å². The maximum absolute atomic E-state index is 11.5. The Hall–Kier alpha value is -2.87. The predicted molar refractivity (Wildman–Crippen MR) is 99.9 cm³/mol. The first-order valence-corrected chi connectivity index (χ1v) is 9.09. The highest BCUT2D eigenvalue weighted by Crippen LogP contribution is 2.26. The Bertz CT molecular complexity index is 803. The summed E-state index contributed by atoms with van der Waals surface area (Å²) in [7, 11) is 0. The molecule has 8 nitrogen and oxygen atoms in total. The fraction of sp³-hybridized carbons (Fsp3) is 0.421. The first-order valence-electron chi connectivity index (χ1n) is 9.09. The summed E-state index contributed by atoms with van der Waals surface area (Å²) < 4.78 is 10.8. The largest absolute Gasteiger partial charge is 0.449 e. The Balaban J connectivity index is 1.78. The molecule has 1 aromatic carbocycles. The highest BCUT2D eigenvalue weighted by molar-refractivity contribution is 5.87. The lowest BCUT2D eigenvalue weighted by Gasteiger charge is -2.30. The number of amides is 1. The van der Waals surface area contributed by atoms with Crippen molar-refractivity contribution in [2.75, 3.05) is 13.2 Å². The van der Waals surface area contributed by atoms with Gasteiger partial charge in [0.2, 0.25) is 5.89 Å². The van der Waals surface area contributed by atoms with Crippen molar-refractivity contribution in [3.8, 4) is 11.5 Å². The molecule has 0 saturated carbocycles. The number of benzene rings is 1. The predicted octanol–water partition coefficient (Wildman–Crippen LogP) is 2.53. The Morgan fingerprint density at radius 1 is 1.41 bits per heavy atom. The molecule has 0 bridgehead atoms. The van der Waals surface area contributed by atoms with Crippen LogP contribution in [-0.2, 0) is 17.7 Å². The number of carbonyl (C=O) groups is 1. The standard InChI is InChI=1S/C19H24N4O4/c1-3-15(24)17(21-22-19(25)26-4-2)23-11-10-14-16(12-23)27-18(20-14)13-8-6-5-7-9-13/h5-9,15,24H,3-4,10-12H2,1-2H3,(H,22,25)/b21-17+. The third kappa shape index (κ3) is 4.46. The number of hydrogen-bond acceptors (Lipinski definition) is 6. The summed E-state index contributed by atoms with van der Waals surface area (Å²) in [5, 5.41) is 14.4. The molecule has 0 fully saturated rings. The first-order chi connectivity index (χ1) is 13.1. The van der Waals surface area contributed by atoms with Gasteiger partial charge in [-0.3, -0.25) is 0 Å². The Kier molecular flexibility index (Phi) is 6.08. The van der Waals surface area contributed by atoms with Crippen molar-refractivity contribution in [1.82, 2.24) is 15.3 Å². The van der Waals surface area contributed by atoms with Crippen LogP contribution in [0.4, 0.5) is 4.79 Å². The molecule has 27 heavy (non-hydrogen) atoms. The second kappa shape index (κ2) is 8.68. The van der Waals surface area contributed by atoms with E-state index in [1.807, 2.05) is 42.2 Å². The molecule has 1 aliphatic heterocycles. The Morgan fingerprint density at radius 2 is 2.19 bits per heavy atom. The van der Waals surface area contributed by atoms with Crippen LogP contribution in [0, 0.1) is 0 Å². The summed E-state index contributed by atoms with van der Waals surface area (Å²) in [4.78, 5) is 18.0. The number of rotatable bonds is 5. The lowest BCUT2D eigenvalue weighted by atomic mass is 10.1. The highest BCUT2D eigenvalue weighted by Gasteiger charge is 2.28. The summed E-state index contributed by atoms with van der Waals surface area (Å²) in [6.07, 6.45) is -0.314. The van der Waals surface area contributed by atoms with E-state index in [-0.39, 0.29) is 6.61 Å². The molecule has 144 valence electrons. The molecular formula is C19H24N4O4. The van der Waals surface area contributed by atoms with Gasteiger partial charge in [-0.15, -0.1) is 0 Å². The van der Waals surface area contributed by atoms with E-state index in [0.717, 1.165) is 17.0 Å². The molecule has 1 unspecified atom stereocenters. The van der Waals surface area contributed by atoms with Gasteiger partial charge < -0.3 is 19.2 Å². The normalized spacial score (nSPS) is 15.2. The summed E-state index contributed by atoms with van der Waals surface area (Å²) in [5.41, 5.74) is 4.16. The van der Waals surface area contributed by atoms with Crippen LogP contribution in [0.2, 0.25) is 0 Å². The lowest BCUT2D eigenvalue weighted by Crippen LogP contribution is -2.43. The van der Waals surface area contributed by atoms with Crippen LogP contribution in [0.5, 0.6) is 0 Å². The molecule has 0 radical (unpaired) electrons. The van der Waals surface area contributed by atoms with Gasteiger partial charge in [0.1, 0.15) is 11.9 Å². The van der Waals surface area contributed by atoms with Gasteiger partial charge in [-0.25, -0.2) is 15.2 Å². The molecule has 2 N–H and O–H groups in total. The summed E-state index contributed by atoms with van der Waals surface area (Å²) in [5.74, 6) is 1.71. The number of oxazole rings is 1. The molecule has 3 rings (SSSR count). The molecule has 0 aliphatic carbocycles. The van der Waals surface area contributed by atoms with Crippen LogP contribution < -0.4 is 5.43 Å². The molecule has 1 aromatic heterocycles. The van der Waals surface area contributed by atoms with E-state index in [2.05, 4.69) is 15.5 Å². The maximum Gasteiger partial charge on any atom is 0.427 e. The number of amidine groups is 1. The molecule has 1 atom stereocenters. The fourth-order valence-corrected chi connectivity index (χ4v) is 2.90. The molecular weight excluding hydrogens is 348 g/mol.